The molecule has 6 heteroatoms. The first-order chi connectivity index (χ1) is 14.5. The predicted molar refractivity (Wildman–Crippen MR) is 113 cm³/mol. The van der Waals surface area contributed by atoms with E-state index >= 15 is 0 Å². The van der Waals surface area contributed by atoms with Gasteiger partial charge in [0.05, 0.1) is 32.5 Å². The Hall–Kier alpha value is -3.28. The largest absolute Gasteiger partial charge is 0.496 e. The van der Waals surface area contributed by atoms with Crippen LogP contribution in [0.5, 0.6) is 28.7 Å². The molecule has 0 aliphatic carbocycles. The summed E-state index contributed by atoms with van der Waals surface area (Å²) in [5.41, 5.74) is 3.26. The molecule has 0 saturated heterocycles. The van der Waals surface area contributed by atoms with E-state index in [1.165, 1.54) is 0 Å². The van der Waals surface area contributed by atoms with Crippen molar-refractivity contribution in [1.29, 1.82) is 0 Å². The van der Waals surface area contributed by atoms with Crippen molar-refractivity contribution in [3.05, 3.63) is 47.0 Å². The standard InChI is InChI=1S/C24H24O6/c1-24(2)9-8-13-16(30-24)7-6-14-22(13)29-20-12-28-17-11-19(26-4)18(25-3)10-15(17)21(20)23(14)27-5/h6-11,20H,12H2,1-5H3/t20-/m1/s1. The van der Waals surface area contributed by atoms with Gasteiger partial charge >= 0.3 is 0 Å². The van der Waals surface area contributed by atoms with Crippen molar-refractivity contribution in [3.8, 4) is 28.7 Å². The third kappa shape index (κ3) is 2.70. The van der Waals surface area contributed by atoms with Crippen LogP contribution < -0.4 is 23.7 Å². The topological polar surface area (TPSA) is 55.4 Å². The van der Waals surface area contributed by atoms with Crippen LogP contribution in [-0.4, -0.2) is 39.6 Å². The van der Waals surface area contributed by atoms with E-state index in [0.717, 1.165) is 39.5 Å². The number of rotatable bonds is 3. The molecule has 0 unspecified atom stereocenters. The number of hydrogen-bond donors (Lipinski definition) is 0. The van der Waals surface area contributed by atoms with Crippen molar-refractivity contribution < 1.29 is 28.4 Å². The molecule has 3 aliphatic heterocycles. The third-order valence-electron chi connectivity index (χ3n) is 5.62. The molecular formula is C24H24O6. The maximum absolute atomic E-state index is 6.46. The second-order valence-electron chi connectivity index (χ2n) is 7.96. The van der Waals surface area contributed by atoms with E-state index in [1.807, 2.05) is 44.2 Å². The fourth-order valence-electron chi connectivity index (χ4n) is 4.22. The summed E-state index contributed by atoms with van der Waals surface area (Å²) in [6.45, 7) is 4.42. The van der Waals surface area contributed by atoms with Gasteiger partial charge in [0.2, 0.25) is 0 Å². The third-order valence-corrected chi connectivity index (χ3v) is 5.62. The minimum absolute atomic E-state index is 0.312. The Balaban J connectivity index is 1.72. The first kappa shape index (κ1) is 18.7. The fraction of sp³-hybridized carbons (Fsp3) is 0.333. The molecule has 6 nitrogen and oxygen atoms in total. The molecule has 1 atom stereocenters. The van der Waals surface area contributed by atoms with Gasteiger partial charge in [0, 0.05) is 17.2 Å². The molecular weight excluding hydrogens is 384 g/mol. The van der Waals surface area contributed by atoms with Crippen molar-refractivity contribution in [1.82, 2.24) is 0 Å². The van der Waals surface area contributed by atoms with Crippen molar-refractivity contribution in [3.63, 3.8) is 0 Å². The van der Waals surface area contributed by atoms with Gasteiger partial charge in [-0.25, -0.2) is 0 Å². The van der Waals surface area contributed by atoms with Gasteiger partial charge in [0.15, 0.2) is 17.6 Å². The number of hydrogen-bond acceptors (Lipinski definition) is 6. The van der Waals surface area contributed by atoms with Crippen LogP contribution in [0.2, 0.25) is 0 Å². The quantitative estimate of drug-likeness (QED) is 0.742. The normalized spacial score (nSPS) is 19.8. The van der Waals surface area contributed by atoms with Gasteiger partial charge in [-0.3, -0.25) is 0 Å². The SMILES string of the molecule is COC1=C2c3cc(OC)c(OC)cc3OC[C@H]2Oc2c1ccc1c2C=CC(C)(C)O1. The number of fused-ring (bicyclic) bond motifs is 6. The van der Waals surface area contributed by atoms with E-state index in [0.29, 0.717) is 23.9 Å². The van der Waals surface area contributed by atoms with E-state index in [2.05, 4.69) is 6.08 Å². The second-order valence-corrected chi connectivity index (χ2v) is 7.96. The summed E-state index contributed by atoms with van der Waals surface area (Å²) in [5.74, 6) is 4.26. The lowest BCUT2D eigenvalue weighted by Crippen LogP contribution is -2.35. The number of methoxy groups -OCH3 is 3. The van der Waals surface area contributed by atoms with Gasteiger partial charge in [-0.1, -0.05) is 0 Å². The molecule has 30 heavy (non-hydrogen) atoms. The van der Waals surface area contributed by atoms with E-state index in [9.17, 15) is 0 Å². The molecule has 0 saturated carbocycles. The zero-order valence-corrected chi connectivity index (χ0v) is 17.7. The Morgan fingerprint density at radius 3 is 2.43 bits per heavy atom. The minimum atomic E-state index is -0.358. The highest BCUT2D eigenvalue weighted by Crippen LogP contribution is 2.51. The Kier molecular flexibility index (Phi) is 4.13. The molecule has 2 aromatic rings. The molecule has 0 radical (unpaired) electrons. The van der Waals surface area contributed by atoms with Crippen LogP contribution in [0.1, 0.15) is 30.5 Å². The zero-order valence-electron chi connectivity index (χ0n) is 17.7. The molecule has 156 valence electrons. The Morgan fingerprint density at radius 1 is 0.933 bits per heavy atom. The summed E-state index contributed by atoms with van der Waals surface area (Å²) in [6.07, 6.45) is 3.78. The Bertz CT molecular complexity index is 1100. The first-order valence-corrected chi connectivity index (χ1v) is 9.85. The summed E-state index contributed by atoms with van der Waals surface area (Å²) in [4.78, 5) is 0. The van der Waals surface area contributed by atoms with Crippen LogP contribution in [0.4, 0.5) is 0 Å². The van der Waals surface area contributed by atoms with Crippen LogP contribution in [0.15, 0.2) is 30.3 Å². The van der Waals surface area contributed by atoms with Crippen LogP contribution >= 0.6 is 0 Å². The molecule has 0 spiro atoms. The molecule has 0 N–H and O–H groups in total. The maximum Gasteiger partial charge on any atom is 0.164 e. The van der Waals surface area contributed by atoms with Gasteiger partial charge < -0.3 is 28.4 Å². The van der Waals surface area contributed by atoms with Gasteiger partial charge in [-0.15, -0.1) is 0 Å². The lowest BCUT2D eigenvalue weighted by Gasteiger charge is -2.37. The van der Waals surface area contributed by atoms with Crippen molar-refractivity contribution >= 4 is 17.4 Å². The summed E-state index contributed by atoms with van der Waals surface area (Å²) in [6, 6.07) is 7.71. The monoisotopic (exact) mass is 408 g/mol. The summed E-state index contributed by atoms with van der Waals surface area (Å²) < 4.78 is 35.4. The number of benzene rings is 2. The van der Waals surface area contributed by atoms with Crippen molar-refractivity contribution in [2.75, 3.05) is 27.9 Å². The zero-order chi connectivity index (χ0) is 21.0. The van der Waals surface area contributed by atoms with Crippen molar-refractivity contribution in [2.45, 2.75) is 25.6 Å². The van der Waals surface area contributed by atoms with E-state index in [4.69, 9.17) is 28.4 Å². The molecule has 0 aromatic heterocycles. The van der Waals surface area contributed by atoms with Gasteiger partial charge in [0.25, 0.3) is 0 Å². The molecule has 3 aliphatic rings. The van der Waals surface area contributed by atoms with Gasteiger partial charge in [-0.05, 0) is 44.2 Å². The van der Waals surface area contributed by atoms with Gasteiger partial charge in [0.1, 0.15) is 35.2 Å². The van der Waals surface area contributed by atoms with E-state index in [1.54, 1.807) is 21.3 Å². The molecule has 0 bridgehead atoms. The van der Waals surface area contributed by atoms with Crippen LogP contribution in [0.25, 0.3) is 17.4 Å². The Morgan fingerprint density at radius 2 is 1.70 bits per heavy atom. The lowest BCUT2D eigenvalue weighted by molar-refractivity contribution is 0.145. The highest BCUT2D eigenvalue weighted by molar-refractivity contribution is 5.97. The molecule has 0 fully saturated rings. The van der Waals surface area contributed by atoms with Crippen LogP contribution in [0.3, 0.4) is 0 Å². The molecule has 3 heterocycles. The first-order valence-electron chi connectivity index (χ1n) is 9.85. The fourth-order valence-corrected chi connectivity index (χ4v) is 4.22. The van der Waals surface area contributed by atoms with Crippen LogP contribution in [-0.2, 0) is 4.74 Å². The van der Waals surface area contributed by atoms with Crippen LogP contribution in [0, 0.1) is 0 Å². The lowest BCUT2D eigenvalue weighted by atomic mass is 9.89. The maximum atomic E-state index is 6.46. The average molecular weight is 408 g/mol. The van der Waals surface area contributed by atoms with Crippen molar-refractivity contribution in [2.24, 2.45) is 0 Å². The second kappa shape index (κ2) is 6.62. The summed E-state index contributed by atoms with van der Waals surface area (Å²) >= 11 is 0. The predicted octanol–water partition coefficient (Wildman–Crippen LogP) is 4.56. The molecule has 5 rings (SSSR count). The number of ether oxygens (including phenoxy) is 6. The van der Waals surface area contributed by atoms with Gasteiger partial charge in [-0.2, -0.15) is 0 Å². The van der Waals surface area contributed by atoms with E-state index < -0.39 is 0 Å². The molecule has 0 amide bonds. The average Bonchev–Trinajstić information content (AvgIpc) is 2.75. The van der Waals surface area contributed by atoms with E-state index in [-0.39, 0.29) is 11.7 Å². The summed E-state index contributed by atoms with van der Waals surface area (Å²) in [5, 5.41) is 0. The molecule has 2 aromatic carbocycles. The summed E-state index contributed by atoms with van der Waals surface area (Å²) in [7, 11) is 4.90. The minimum Gasteiger partial charge on any atom is -0.496 e. The highest BCUT2D eigenvalue weighted by Gasteiger charge is 2.39. The Labute approximate surface area is 175 Å². The smallest absolute Gasteiger partial charge is 0.164 e. The highest BCUT2D eigenvalue weighted by atomic mass is 16.5.